The van der Waals surface area contributed by atoms with E-state index < -0.39 is 15.6 Å². The van der Waals surface area contributed by atoms with E-state index >= 15 is 0 Å². The van der Waals surface area contributed by atoms with Crippen molar-refractivity contribution in [3.05, 3.63) is 26.8 Å². The molecule has 0 saturated carbocycles. The van der Waals surface area contributed by atoms with E-state index in [1.54, 1.807) is 6.07 Å². The first-order valence-corrected chi connectivity index (χ1v) is 9.11. The Kier molecular flexibility index (Phi) is 4.28. The SMILES string of the molecule is CC(C)(C)NS(=O)(=O)c1ccc(I)c2c1CCCC2. The number of halogens is 1. The Morgan fingerprint density at radius 3 is 2.26 bits per heavy atom. The summed E-state index contributed by atoms with van der Waals surface area (Å²) in [6.07, 6.45) is 4.09. The van der Waals surface area contributed by atoms with E-state index in [0.29, 0.717) is 4.90 Å². The molecule has 3 nitrogen and oxygen atoms in total. The largest absolute Gasteiger partial charge is 0.241 e. The number of rotatable bonds is 2. The molecule has 0 radical (unpaired) electrons. The van der Waals surface area contributed by atoms with E-state index in [4.69, 9.17) is 0 Å². The van der Waals surface area contributed by atoms with Crippen molar-refractivity contribution in [2.45, 2.75) is 56.9 Å². The fourth-order valence-corrected chi connectivity index (χ4v) is 4.99. The number of benzene rings is 1. The van der Waals surface area contributed by atoms with Crippen LogP contribution in [0.3, 0.4) is 0 Å². The molecule has 0 aliphatic heterocycles. The third-order valence-corrected chi connectivity index (χ3v) is 6.02. The minimum atomic E-state index is -3.43. The summed E-state index contributed by atoms with van der Waals surface area (Å²) < 4.78 is 29.0. The Morgan fingerprint density at radius 2 is 1.68 bits per heavy atom. The summed E-state index contributed by atoms with van der Waals surface area (Å²) in [5.74, 6) is 0. The highest BCUT2D eigenvalue weighted by Crippen LogP contribution is 2.31. The maximum absolute atomic E-state index is 12.5. The van der Waals surface area contributed by atoms with Gasteiger partial charge in [-0.05, 0) is 92.3 Å². The van der Waals surface area contributed by atoms with E-state index in [1.165, 1.54) is 9.13 Å². The fraction of sp³-hybridized carbons (Fsp3) is 0.571. The standard InChI is InChI=1S/C14H20INO2S/c1-14(2,3)16-19(17,18)13-9-8-12(15)10-6-4-5-7-11(10)13/h8-9,16H,4-7H2,1-3H3. The molecule has 1 aliphatic carbocycles. The van der Waals surface area contributed by atoms with Crippen molar-refractivity contribution in [1.82, 2.24) is 4.72 Å². The lowest BCUT2D eigenvalue weighted by Gasteiger charge is -2.24. The Bertz CT molecular complexity index is 588. The summed E-state index contributed by atoms with van der Waals surface area (Å²) in [4.78, 5) is 0.470. The predicted octanol–water partition coefficient (Wildman–Crippen LogP) is 3.25. The van der Waals surface area contributed by atoms with Crippen LogP contribution in [0.2, 0.25) is 0 Å². The number of nitrogens with one attached hydrogen (secondary N) is 1. The highest BCUT2D eigenvalue weighted by Gasteiger charge is 2.27. The van der Waals surface area contributed by atoms with Crippen molar-refractivity contribution in [2.24, 2.45) is 0 Å². The molecular weight excluding hydrogens is 373 g/mol. The van der Waals surface area contributed by atoms with Crippen molar-refractivity contribution >= 4 is 32.6 Å². The van der Waals surface area contributed by atoms with Crippen molar-refractivity contribution in [2.75, 3.05) is 0 Å². The second-order valence-electron chi connectivity index (χ2n) is 6.07. The van der Waals surface area contributed by atoms with E-state index in [1.807, 2.05) is 26.8 Å². The van der Waals surface area contributed by atoms with Gasteiger partial charge in [0.25, 0.3) is 0 Å². The molecule has 0 atom stereocenters. The van der Waals surface area contributed by atoms with E-state index in [9.17, 15) is 8.42 Å². The second-order valence-corrected chi connectivity index (χ2v) is 8.88. The monoisotopic (exact) mass is 393 g/mol. The van der Waals surface area contributed by atoms with Crippen LogP contribution in [0.5, 0.6) is 0 Å². The molecule has 106 valence electrons. The van der Waals surface area contributed by atoms with E-state index in [2.05, 4.69) is 27.3 Å². The smallest absolute Gasteiger partial charge is 0.207 e. The van der Waals surface area contributed by atoms with Gasteiger partial charge in [0.1, 0.15) is 0 Å². The normalized spacial score (nSPS) is 16.2. The molecule has 0 bridgehead atoms. The predicted molar refractivity (Wildman–Crippen MR) is 85.9 cm³/mol. The first kappa shape index (κ1) is 15.3. The lowest BCUT2D eigenvalue weighted by Crippen LogP contribution is -2.41. The average molecular weight is 393 g/mol. The van der Waals surface area contributed by atoms with Gasteiger partial charge in [-0.1, -0.05) is 0 Å². The quantitative estimate of drug-likeness (QED) is 0.785. The molecule has 1 aliphatic rings. The highest BCUT2D eigenvalue weighted by atomic mass is 127. The molecule has 2 rings (SSSR count). The van der Waals surface area contributed by atoms with Crippen LogP contribution < -0.4 is 4.72 Å². The average Bonchev–Trinajstić information content (AvgIpc) is 2.26. The fourth-order valence-electron chi connectivity index (χ4n) is 2.50. The molecule has 1 N–H and O–H groups in total. The van der Waals surface area contributed by atoms with Crippen molar-refractivity contribution < 1.29 is 8.42 Å². The van der Waals surface area contributed by atoms with Gasteiger partial charge in [0, 0.05) is 9.11 Å². The number of sulfonamides is 1. The molecule has 0 fully saturated rings. The van der Waals surface area contributed by atoms with Gasteiger partial charge in [-0.15, -0.1) is 0 Å². The van der Waals surface area contributed by atoms with E-state index in [0.717, 1.165) is 31.2 Å². The minimum Gasteiger partial charge on any atom is -0.207 e. The maximum Gasteiger partial charge on any atom is 0.241 e. The second kappa shape index (κ2) is 5.33. The van der Waals surface area contributed by atoms with Gasteiger partial charge >= 0.3 is 0 Å². The van der Waals surface area contributed by atoms with Crippen LogP contribution in [0, 0.1) is 3.57 Å². The topological polar surface area (TPSA) is 46.2 Å². The van der Waals surface area contributed by atoms with Crippen molar-refractivity contribution in [3.8, 4) is 0 Å². The van der Waals surface area contributed by atoms with Gasteiger partial charge in [0.15, 0.2) is 0 Å². The zero-order valence-electron chi connectivity index (χ0n) is 11.6. The van der Waals surface area contributed by atoms with Crippen LogP contribution in [0.1, 0.15) is 44.7 Å². The molecule has 0 heterocycles. The van der Waals surface area contributed by atoms with E-state index in [-0.39, 0.29) is 0 Å². The Morgan fingerprint density at radius 1 is 1.11 bits per heavy atom. The number of hydrogen-bond donors (Lipinski definition) is 1. The molecule has 19 heavy (non-hydrogen) atoms. The molecule has 0 amide bonds. The number of fused-ring (bicyclic) bond motifs is 1. The zero-order valence-corrected chi connectivity index (χ0v) is 14.6. The maximum atomic E-state index is 12.5. The van der Waals surface area contributed by atoms with Gasteiger partial charge in [-0.25, -0.2) is 13.1 Å². The van der Waals surface area contributed by atoms with Crippen LogP contribution in [-0.4, -0.2) is 14.0 Å². The van der Waals surface area contributed by atoms with Crippen LogP contribution in [0.25, 0.3) is 0 Å². The van der Waals surface area contributed by atoms with Crippen LogP contribution in [0.15, 0.2) is 17.0 Å². The Balaban J connectivity index is 2.52. The third kappa shape index (κ3) is 3.49. The first-order chi connectivity index (χ1) is 8.71. The van der Waals surface area contributed by atoms with Gasteiger partial charge in [0.05, 0.1) is 4.90 Å². The molecule has 5 heteroatoms. The zero-order chi connectivity index (χ0) is 14.3. The molecule has 1 aromatic carbocycles. The molecule has 1 aromatic rings. The van der Waals surface area contributed by atoms with Crippen LogP contribution in [0.4, 0.5) is 0 Å². The van der Waals surface area contributed by atoms with Crippen LogP contribution >= 0.6 is 22.6 Å². The summed E-state index contributed by atoms with van der Waals surface area (Å²) in [7, 11) is -3.43. The van der Waals surface area contributed by atoms with Gasteiger partial charge in [0.2, 0.25) is 10.0 Å². The Labute approximate surface area is 129 Å². The van der Waals surface area contributed by atoms with Crippen LogP contribution in [-0.2, 0) is 22.9 Å². The number of hydrogen-bond acceptors (Lipinski definition) is 2. The lowest BCUT2D eigenvalue weighted by molar-refractivity contribution is 0.490. The molecular formula is C14H20INO2S. The summed E-state index contributed by atoms with van der Waals surface area (Å²) in [5, 5.41) is 0. The summed E-state index contributed by atoms with van der Waals surface area (Å²) in [6, 6.07) is 3.67. The molecule has 0 aromatic heterocycles. The van der Waals surface area contributed by atoms with Crippen molar-refractivity contribution in [3.63, 3.8) is 0 Å². The molecule has 0 unspecified atom stereocenters. The minimum absolute atomic E-state index is 0.455. The van der Waals surface area contributed by atoms with Gasteiger partial charge < -0.3 is 0 Å². The van der Waals surface area contributed by atoms with Gasteiger partial charge in [-0.2, -0.15) is 0 Å². The highest BCUT2D eigenvalue weighted by molar-refractivity contribution is 14.1. The lowest BCUT2D eigenvalue weighted by atomic mass is 9.92. The van der Waals surface area contributed by atoms with Crippen molar-refractivity contribution in [1.29, 1.82) is 0 Å². The molecule has 0 saturated heterocycles. The molecule has 0 spiro atoms. The summed E-state index contributed by atoms with van der Waals surface area (Å²) in [5.41, 5.74) is 1.79. The Hall–Kier alpha value is -0.140. The van der Waals surface area contributed by atoms with Gasteiger partial charge in [-0.3, -0.25) is 0 Å². The summed E-state index contributed by atoms with van der Waals surface area (Å²) in [6.45, 7) is 5.59. The first-order valence-electron chi connectivity index (χ1n) is 6.55. The summed E-state index contributed by atoms with van der Waals surface area (Å²) >= 11 is 2.30. The third-order valence-electron chi connectivity index (χ3n) is 3.16.